The van der Waals surface area contributed by atoms with Gasteiger partial charge in [0.15, 0.2) is 17.3 Å². The smallest absolute Gasteiger partial charge is 0.282 e. The Kier molecular flexibility index (Phi) is 5.79. The van der Waals surface area contributed by atoms with Gasteiger partial charge in [0, 0.05) is 34.3 Å². The number of pyridine rings is 2. The van der Waals surface area contributed by atoms with E-state index in [4.69, 9.17) is 15.0 Å². The van der Waals surface area contributed by atoms with Crippen molar-refractivity contribution in [3.8, 4) is 39.9 Å². The number of benzene rings is 4. The summed E-state index contributed by atoms with van der Waals surface area (Å²) in [7, 11) is 0. The second-order valence-corrected chi connectivity index (χ2v) is 11.0. The van der Waals surface area contributed by atoms with E-state index >= 15 is 0 Å². The summed E-state index contributed by atoms with van der Waals surface area (Å²) >= 11 is 0. The SMILES string of the molecule is O=c1nc2cc(-c3ccc4c(c3)c3ccccc3n4-c3nc(-c4ccccc4)nc(-c4ccccc4)n3)ccn2c2ncccc12. The van der Waals surface area contributed by atoms with Crippen LogP contribution in [0.4, 0.5) is 0 Å². The van der Waals surface area contributed by atoms with E-state index in [1.807, 2.05) is 95.5 Å². The molecule has 0 unspecified atom stereocenters. The topological polar surface area (TPSA) is 90.9 Å². The largest absolute Gasteiger partial charge is 0.285 e. The zero-order valence-corrected chi connectivity index (χ0v) is 24.3. The zero-order valence-electron chi connectivity index (χ0n) is 24.3. The lowest BCUT2D eigenvalue weighted by atomic mass is 10.0. The Morgan fingerprint density at radius 3 is 1.91 bits per heavy atom. The molecule has 0 aliphatic rings. The molecule has 9 rings (SSSR count). The first kappa shape index (κ1) is 25.9. The molecule has 5 heterocycles. The minimum Gasteiger partial charge on any atom is -0.285 e. The van der Waals surface area contributed by atoms with Gasteiger partial charge in [0.1, 0.15) is 5.65 Å². The van der Waals surface area contributed by atoms with Gasteiger partial charge in [-0.15, -0.1) is 0 Å². The van der Waals surface area contributed by atoms with Gasteiger partial charge in [0.2, 0.25) is 5.95 Å². The first-order chi connectivity index (χ1) is 22.7. The molecule has 0 spiro atoms. The van der Waals surface area contributed by atoms with E-state index in [1.165, 1.54) is 0 Å². The van der Waals surface area contributed by atoms with Gasteiger partial charge in [-0.25, -0.2) is 9.97 Å². The molecule has 5 aromatic heterocycles. The maximum Gasteiger partial charge on any atom is 0.282 e. The Hall–Kier alpha value is -6.54. The van der Waals surface area contributed by atoms with Gasteiger partial charge in [0.25, 0.3) is 5.56 Å². The van der Waals surface area contributed by atoms with Crippen LogP contribution in [0.1, 0.15) is 0 Å². The van der Waals surface area contributed by atoms with Crippen molar-refractivity contribution in [2.75, 3.05) is 0 Å². The molecule has 46 heavy (non-hydrogen) atoms. The Morgan fingerprint density at radius 1 is 0.500 bits per heavy atom. The average molecular weight is 594 g/mol. The van der Waals surface area contributed by atoms with Gasteiger partial charge in [-0.2, -0.15) is 15.0 Å². The van der Waals surface area contributed by atoms with Crippen LogP contribution in [0, 0.1) is 0 Å². The molecule has 0 saturated heterocycles. The lowest BCUT2D eigenvalue weighted by molar-refractivity contribution is 0.953. The molecule has 8 nitrogen and oxygen atoms in total. The Labute approximate surface area is 262 Å². The number of nitrogens with zero attached hydrogens (tertiary/aromatic N) is 7. The van der Waals surface area contributed by atoms with Crippen LogP contribution >= 0.6 is 0 Å². The van der Waals surface area contributed by atoms with E-state index in [9.17, 15) is 4.79 Å². The van der Waals surface area contributed by atoms with Crippen molar-refractivity contribution in [1.29, 1.82) is 0 Å². The van der Waals surface area contributed by atoms with Gasteiger partial charge in [-0.3, -0.25) is 13.8 Å². The van der Waals surface area contributed by atoms with Gasteiger partial charge in [-0.1, -0.05) is 84.9 Å². The Balaban J connectivity index is 1.26. The summed E-state index contributed by atoms with van der Waals surface area (Å²) in [5, 5.41) is 2.63. The highest BCUT2D eigenvalue weighted by Crippen LogP contribution is 2.35. The molecule has 0 aliphatic carbocycles. The molecule has 216 valence electrons. The van der Waals surface area contributed by atoms with Crippen molar-refractivity contribution < 1.29 is 0 Å². The summed E-state index contributed by atoms with van der Waals surface area (Å²) in [6.45, 7) is 0. The summed E-state index contributed by atoms with van der Waals surface area (Å²) in [4.78, 5) is 36.4. The van der Waals surface area contributed by atoms with E-state index in [0.29, 0.717) is 34.3 Å². The maximum absolute atomic E-state index is 12.7. The van der Waals surface area contributed by atoms with Crippen LogP contribution in [-0.4, -0.2) is 33.9 Å². The molecule has 0 bridgehead atoms. The summed E-state index contributed by atoms with van der Waals surface area (Å²) < 4.78 is 3.95. The van der Waals surface area contributed by atoms with Gasteiger partial charge < -0.3 is 0 Å². The average Bonchev–Trinajstić information content (AvgIpc) is 3.46. The highest BCUT2D eigenvalue weighted by Gasteiger charge is 2.18. The fraction of sp³-hybridized carbons (Fsp3) is 0. The first-order valence-electron chi connectivity index (χ1n) is 14.9. The third-order valence-electron chi connectivity index (χ3n) is 8.29. The number of rotatable bonds is 4. The molecule has 0 atom stereocenters. The lowest BCUT2D eigenvalue weighted by Gasteiger charge is -2.11. The molecule has 0 saturated carbocycles. The maximum atomic E-state index is 12.7. The summed E-state index contributed by atoms with van der Waals surface area (Å²) in [5.41, 5.74) is 6.57. The fourth-order valence-electron chi connectivity index (χ4n) is 6.12. The molecule has 9 aromatic rings. The van der Waals surface area contributed by atoms with Crippen LogP contribution in [0.5, 0.6) is 0 Å². The number of para-hydroxylation sites is 1. The van der Waals surface area contributed by atoms with E-state index in [1.54, 1.807) is 18.3 Å². The Bertz CT molecular complexity index is 2610. The quantitative estimate of drug-likeness (QED) is 0.196. The Morgan fingerprint density at radius 2 is 1.15 bits per heavy atom. The highest BCUT2D eigenvalue weighted by molar-refractivity contribution is 6.10. The predicted octanol–water partition coefficient (Wildman–Crippen LogP) is 7.53. The van der Waals surface area contributed by atoms with Crippen LogP contribution < -0.4 is 5.56 Å². The van der Waals surface area contributed by atoms with E-state index in [2.05, 4.69) is 44.9 Å². The molecule has 0 amide bonds. The molecule has 4 aromatic carbocycles. The van der Waals surface area contributed by atoms with Crippen molar-refractivity contribution in [2.45, 2.75) is 0 Å². The molecule has 0 N–H and O–H groups in total. The van der Waals surface area contributed by atoms with Crippen LogP contribution in [0.2, 0.25) is 0 Å². The monoisotopic (exact) mass is 593 g/mol. The van der Waals surface area contributed by atoms with E-state index in [-0.39, 0.29) is 5.56 Å². The normalized spacial score (nSPS) is 11.6. The van der Waals surface area contributed by atoms with Crippen molar-refractivity contribution in [2.24, 2.45) is 0 Å². The molecule has 8 heteroatoms. The van der Waals surface area contributed by atoms with Gasteiger partial charge >= 0.3 is 0 Å². The second-order valence-electron chi connectivity index (χ2n) is 11.0. The minimum absolute atomic E-state index is 0.291. The van der Waals surface area contributed by atoms with E-state index < -0.39 is 0 Å². The zero-order chi connectivity index (χ0) is 30.6. The molecule has 0 fully saturated rings. The van der Waals surface area contributed by atoms with Gasteiger partial charge in [0.05, 0.1) is 16.4 Å². The molecule has 0 aliphatic heterocycles. The van der Waals surface area contributed by atoms with Crippen LogP contribution in [0.15, 0.2) is 145 Å². The number of hydrogen-bond acceptors (Lipinski definition) is 6. The lowest BCUT2D eigenvalue weighted by Crippen LogP contribution is -2.11. The number of aromatic nitrogens is 7. The molecular weight excluding hydrogens is 570 g/mol. The molecular formula is C38H23N7O. The molecule has 0 radical (unpaired) electrons. The number of fused-ring (bicyclic) bond motifs is 6. The third kappa shape index (κ3) is 4.16. The van der Waals surface area contributed by atoms with Gasteiger partial charge in [-0.05, 0) is 53.6 Å². The van der Waals surface area contributed by atoms with Crippen molar-refractivity contribution in [3.05, 3.63) is 150 Å². The fourth-order valence-corrected chi connectivity index (χ4v) is 6.12. The van der Waals surface area contributed by atoms with Crippen molar-refractivity contribution in [1.82, 2.24) is 33.9 Å². The van der Waals surface area contributed by atoms with Crippen LogP contribution in [0.3, 0.4) is 0 Å². The van der Waals surface area contributed by atoms with Crippen molar-refractivity contribution >= 4 is 38.5 Å². The summed E-state index contributed by atoms with van der Waals surface area (Å²) in [5.74, 6) is 1.75. The second kappa shape index (κ2) is 10.3. The predicted molar refractivity (Wildman–Crippen MR) is 181 cm³/mol. The number of hydrogen-bond donors (Lipinski definition) is 0. The summed E-state index contributed by atoms with van der Waals surface area (Å²) in [6.07, 6.45) is 3.60. The van der Waals surface area contributed by atoms with E-state index in [0.717, 1.165) is 44.1 Å². The third-order valence-corrected chi connectivity index (χ3v) is 8.29. The highest BCUT2D eigenvalue weighted by atomic mass is 16.1. The summed E-state index contributed by atoms with van der Waals surface area (Å²) in [6, 6.07) is 42.1. The first-order valence-corrected chi connectivity index (χ1v) is 14.9. The van der Waals surface area contributed by atoms with Crippen LogP contribution in [-0.2, 0) is 0 Å². The standard InChI is InChI=1S/C38H23N7O/c46-37-29-15-9-20-39-36(29)44-21-19-27(23-33(44)40-37)26-17-18-32-30(22-26)28-14-7-8-16-31(28)45(32)38-42-34(24-10-3-1-4-11-24)41-35(43-38)25-12-5-2-6-13-25/h1-23H. The van der Waals surface area contributed by atoms with Crippen molar-refractivity contribution in [3.63, 3.8) is 0 Å². The minimum atomic E-state index is -0.291. The van der Waals surface area contributed by atoms with Crippen LogP contribution in [0.25, 0.3) is 78.3 Å².